The summed E-state index contributed by atoms with van der Waals surface area (Å²) in [4.78, 5) is 2.19. The van der Waals surface area contributed by atoms with Gasteiger partial charge in [-0.05, 0) is 19.6 Å². The Hall–Kier alpha value is -0.420. The van der Waals surface area contributed by atoms with Gasteiger partial charge in [0.1, 0.15) is 0 Å². The Labute approximate surface area is 90.5 Å². The summed E-state index contributed by atoms with van der Waals surface area (Å²) >= 11 is 1.90. The van der Waals surface area contributed by atoms with Crippen LogP contribution in [0.3, 0.4) is 0 Å². The third kappa shape index (κ3) is 6.10. The van der Waals surface area contributed by atoms with Gasteiger partial charge in [0.25, 0.3) is 0 Å². The molecule has 0 aliphatic rings. The zero-order valence-corrected chi connectivity index (χ0v) is 10.0. The first-order chi connectivity index (χ1) is 6.61. The van der Waals surface area contributed by atoms with Gasteiger partial charge in [-0.15, -0.1) is 0 Å². The summed E-state index contributed by atoms with van der Waals surface area (Å²) in [6, 6.07) is 0.424. The average Bonchev–Trinajstić information content (AvgIpc) is 2.16. The lowest BCUT2D eigenvalue weighted by Gasteiger charge is -2.25. The van der Waals surface area contributed by atoms with Crippen LogP contribution in [-0.2, 0) is 0 Å². The smallest absolute Gasteiger partial charge is 0.153 e. The molecular weight excluding hydrogens is 198 g/mol. The van der Waals surface area contributed by atoms with E-state index in [9.17, 15) is 0 Å². The molecule has 4 nitrogen and oxygen atoms in total. The molecule has 0 fully saturated rings. The van der Waals surface area contributed by atoms with E-state index < -0.39 is 0 Å². The molecule has 3 N–H and O–H groups in total. The van der Waals surface area contributed by atoms with E-state index in [2.05, 4.69) is 30.8 Å². The lowest BCUT2D eigenvalue weighted by Crippen LogP contribution is -2.40. The van der Waals surface area contributed by atoms with Crippen molar-refractivity contribution in [3.63, 3.8) is 0 Å². The highest BCUT2D eigenvalue weighted by Gasteiger charge is 2.10. The standard InChI is InChI=1S/C9H21N3OS/c1-4-14-6-5-12(8(2)3)7-9(10)11-13/h8,13H,4-7H2,1-3H3,(H2,10,11). The zero-order valence-electron chi connectivity index (χ0n) is 9.23. The van der Waals surface area contributed by atoms with Gasteiger partial charge in [0.05, 0.1) is 6.54 Å². The summed E-state index contributed by atoms with van der Waals surface area (Å²) in [6.07, 6.45) is 0. The van der Waals surface area contributed by atoms with Crippen LogP contribution >= 0.6 is 11.8 Å². The first kappa shape index (κ1) is 13.6. The van der Waals surface area contributed by atoms with E-state index in [1.165, 1.54) is 0 Å². The van der Waals surface area contributed by atoms with E-state index in [-0.39, 0.29) is 5.84 Å². The number of nitrogens with zero attached hydrogens (tertiary/aromatic N) is 2. The Morgan fingerprint density at radius 1 is 1.57 bits per heavy atom. The number of thioether (sulfide) groups is 1. The van der Waals surface area contributed by atoms with Gasteiger partial charge in [0.15, 0.2) is 5.84 Å². The molecule has 0 saturated carbocycles. The first-order valence-corrected chi connectivity index (χ1v) is 6.05. The van der Waals surface area contributed by atoms with E-state index in [0.29, 0.717) is 12.6 Å². The van der Waals surface area contributed by atoms with Crippen LogP contribution in [0.2, 0.25) is 0 Å². The van der Waals surface area contributed by atoms with Crippen molar-refractivity contribution in [3.05, 3.63) is 0 Å². The minimum Gasteiger partial charge on any atom is -0.409 e. The lowest BCUT2D eigenvalue weighted by molar-refractivity contribution is 0.260. The average molecular weight is 219 g/mol. The van der Waals surface area contributed by atoms with Gasteiger partial charge < -0.3 is 10.9 Å². The molecule has 0 aliphatic carbocycles. The van der Waals surface area contributed by atoms with E-state index in [0.717, 1.165) is 18.1 Å². The van der Waals surface area contributed by atoms with Gasteiger partial charge in [-0.2, -0.15) is 11.8 Å². The van der Waals surface area contributed by atoms with E-state index in [4.69, 9.17) is 10.9 Å². The number of amidine groups is 1. The lowest BCUT2D eigenvalue weighted by atomic mass is 10.3. The van der Waals surface area contributed by atoms with Crippen LogP contribution in [-0.4, -0.2) is 46.6 Å². The molecular formula is C9H21N3OS. The Morgan fingerprint density at radius 2 is 2.21 bits per heavy atom. The molecule has 0 aromatic rings. The van der Waals surface area contributed by atoms with Crippen molar-refractivity contribution in [2.45, 2.75) is 26.8 Å². The molecule has 0 rings (SSSR count). The van der Waals surface area contributed by atoms with Gasteiger partial charge >= 0.3 is 0 Å². The third-order valence-corrected chi connectivity index (χ3v) is 2.83. The predicted octanol–water partition coefficient (Wildman–Crippen LogP) is 1.20. The number of nitrogens with two attached hydrogens (primary N) is 1. The van der Waals surface area contributed by atoms with Crippen molar-refractivity contribution in [3.8, 4) is 0 Å². The Morgan fingerprint density at radius 3 is 2.64 bits per heavy atom. The molecule has 0 unspecified atom stereocenters. The van der Waals surface area contributed by atoms with Crippen molar-refractivity contribution in [1.29, 1.82) is 0 Å². The van der Waals surface area contributed by atoms with E-state index in [1.54, 1.807) is 0 Å². The number of oxime groups is 1. The minimum absolute atomic E-state index is 0.278. The maximum absolute atomic E-state index is 8.47. The van der Waals surface area contributed by atoms with E-state index >= 15 is 0 Å². The van der Waals surface area contributed by atoms with Crippen molar-refractivity contribution in [2.75, 3.05) is 24.6 Å². The van der Waals surface area contributed by atoms with Crippen LogP contribution in [0.15, 0.2) is 5.16 Å². The Bertz CT molecular complexity index is 173. The Balaban J connectivity index is 3.90. The summed E-state index contributed by atoms with van der Waals surface area (Å²) in [5.41, 5.74) is 5.47. The number of rotatable bonds is 7. The molecule has 0 radical (unpaired) electrons. The van der Waals surface area contributed by atoms with E-state index in [1.807, 2.05) is 11.8 Å². The van der Waals surface area contributed by atoms with Crippen molar-refractivity contribution in [1.82, 2.24) is 4.90 Å². The summed E-state index contributed by atoms with van der Waals surface area (Å²) in [7, 11) is 0. The fraction of sp³-hybridized carbons (Fsp3) is 0.889. The molecule has 0 bridgehead atoms. The molecule has 0 spiro atoms. The fourth-order valence-corrected chi connectivity index (χ4v) is 1.74. The van der Waals surface area contributed by atoms with Crippen molar-refractivity contribution < 1.29 is 5.21 Å². The molecule has 0 aromatic carbocycles. The summed E-state index contributed by atoms with van der Waals surface area (Å²) in [5.74, 6) is 2.50. The monoisotopic (exact) mass is 219 g/mol. The second-order valence-electron chi connectivity index (χ2n) is 3.35. The van der Waals surface area contributed by atoms with Crippen LogP contribution in [0, 0.1) is 0 Å². The second-order valence-corrected chi connectivity index (χ2v) is 4.75. The number of hydrogen-bond donors (Lipinski definition) is 2. The second kappa shape index (κ2) is 7.94. The molecule has 0 aliphatic heterocycles. The zero-order chi connectivity index (χ0) is 11.0. The maximum atomic E-state index is 8.47. The largest absolute Gasteiger partial charge is 0.409 e. The third-order valence-electron chi connectivity index (χ3n) is 1.95. The SMILES string of the molecule is CCSCCN(CC(N)=NO)C(C)C. The summed E-state index contributed by atoms with van der Waals surface area (Å²) < 4.78 is 0. The molecule has 5 heteroatoms. The maximum Gasteiger partial charge on any atom is 0.153 e. The minimum atomic E-state index is 0.278. The van der Waals surface area contributed by atoms with Gasteiger partial charge in [0.2, 0.25) is 0 Å². The molecule has 0 atom stereocenters. The topological polar surface area (TPSA) is 61.8 Å². The fourth-order valence-electron chi connectivity index (χ4n) is 1.09. The summed E-state index contributed by atoms with van der Waals surface area (Å²) in [6.45, 7) is 7.89. The molecule has 84 valence electrons. The van der Waals surface area contributed by atoms with Crippen LogP contribution in [0.5, 0.6) is 0 Å². The molecule has 0 aromatic heterocycles. The van der Waals surface area contributed by atoms with Crippen LogP contribution < -0.4 is 5.73 Å². The predicted molar refractivity (Wildman–Crippen MR) is 63.1 cm³/mol. The van der Waals surface area contributed by atoms with Gasteiger partial charge in [-0.25, -0.2) is 0 Å². The normalized spacial score (nSPS) is 12.8. The highest BCUT2D eigenvalue weighted by molar-refractivity contribution is 7.99. The highest BCUT2D eigenvalue weighted by atomic mass is 32.2. The quantitative estimate of drug-likeness (QED) is 0.222. The van der Waals surface area contributed by atoms with Gasteiger partial charge in [0, 0.05) is 18.3 Å². The van der Waals surface area contributed by atoms with Gasteiger partial charge in [-0.1, -0.05) is 12.1 Å². The highest BCUT2D eigenvalue weighted by Crippen LogP contribution is 2.03. The summed E-state index contributed by atoms with van der Waals surface area (Å²) in [5, 5.41) is 11.5. The molecule has 0 amide bonds. The van der Waals surface area contributed by atoms with Crippen LogP contribution in [0.1, 0.15) is 20.8 Å². The van der Waals surface area contributed by atoms with Crippen molar-refractivity contribution >= 4 is 17.6 Å². The van der Waals surface area contributed by atoms with Crippen molar-refractivity contribution in [2.24, 2.45) is 10.9 Å². The van der Waals surface area contributed by atoms with Gasteiger partial charge in [-0.3, -0.25) is 4.90 Å². The number of hydrogen-bond acceptors (Lipinski definition) is 4. The molecule has 0 saturated heterocycles. The molecule has 14 heavy (non-hydrogen) atoms. The van der Waals surface area contributed by atoms with Crippen LogP contribution in [0.4, 0.5) is 0 Å². The van der Waals surface area contributed by atoms with Crippen LogP contribution in [0.25, 0.3) is 0 Å². The first-order valence-electron chi connectivity index (χ1n) is 4.90. The molecule has 0 heterocycles. The Kier molecular flexibility index (Phi) is 7.70.